The summed E-state index contributed by atoms with van der Waals surface area (Å²) in [6, 6.07) is 20.4. The zero-order valence-corrected chi connectivity index (χ0v) is 31.9. The van der Waals surface area contributed by atoms with Crippen LogP contribution in [0.25, 0.3) is 5.65 Å². The van der Waals surface area contributed by atoms with Crippen molar-refractivity contribution in [2.24, 2.45) is 0 Å². The largest absolute Gasteiger partial charge is 0.418 e. The molecule has 0 atom stereocenters. The number of likely N-dealkylation sites (tertiary alicyclic amines) is 1. The van der Waals surface area contributed by atoms with Crippen LogP contribution in [0.4, 0.5) is 35.0 Å². The molecule has 2 aromatic heterocycles. The minimum Gasteiger partial charge on any atom is -0.368 e. The lowest BCUT2D eigenvalue weighted by Gasteiger charge is -2.43. The van der Waals surface area contributed by atoms with Crippen LogP contribution in [0.15, 0.2) is 85.2 Å². The van der Waals surface area contributed by atoms with E-state index in [0.29, 0.717) is 55.7 Å². The van der Waals surface area contributed by atoms with Gasteiger partial charge < -0.3 is 10.2 Å². The van der Waals surface area contributed by atoms with Gasteiger partial charge in [-0.25, -0.2) is 14.3 Å². The number of nitrogens with zero attached hydrogens (tertiary/aromatic N) is 7. The van der Waals surface area contributed by atoms with Gasteiger partial charge >= 0.3 is 12.2 Å². The van der Waals surface area contributed by atoms with E-state index in [4.69, 9.17) is 0 Å². The van der Waals surface area contributed by atoms with Crippen LogP contribution in [0.2, 0.25) is 0 Å². The summed E-state index contributed by atoms with van der Waals surface area (Å²) in [5.74, 6) is 5.32. The predicted molar refractivity (Wildman–Crippen MR) is 214 cm³/mol. The number of rotatable bonds is 7. The van der Waals surface area contributed by atoms with Crippen molar-refractivity contribution in [1.29, 1.82) is 0 Å². The van der Waals surface area contributed by atoms with Crippen molar-refractivity contribution >= 4 is 40.6 Å². The van der Waals surface area contributed by atoms with E-state index >= 15 is 0 Å². The number of urea groups is 1. The first kappa shape index (κ1) is 38.6. The van der Waals surface area contributed by atoms with Crippen LogP contribution in [0, 0.1) is 18.8 Å². The monoisotopic (exact) mass is 789 g/mol. The van der Waals surface area contributed by atoms with Crippen molar-refractivity contribution in [2.45, 2.75) is 44.9 Å². The highest BCUT2D eigenvalue weighted by Gasteiger charge is 2.37. The lowest BCUT2D eigenvalue weighted by atomic mass is 10.0. The molecule has 0 spiro atoms. The standard InChI is InChI=1S/C43H42F3N9O3/c1-29-7-8-32(25-31(29)9-11-36-27-47-39-6-3-16-48-55(36)39)41(57)49-33-10-12-38(37(26-33)43(44,45)46)53-22-20-52(21-23-53)34-13-17-51(18-14-34)28-30-4-2-5-35(24-30)54-19-15-40(56)50-42(54)58/h2-8,10,12,16,24-27,34H,13-15,17-23,28H2,1H3,(H,49,57)(H,50,56,58). The molecular weight excluding hydrogens is 748 g/mol. The molecule has 0 aliphatic carbocycles. The van der Waals surface area contributed by atoms with Crippen molar-refractivity contribution in [3.05, 3.63) is 119 Å². The number of halogens is 3. The van der Waals surface area contributed by atoms with Gasteiger partial charge in [0.15, 0.2) is 5.65 Å². The number of benzene rings is 3. The van der Waals surface area contributed by atoms with Crippen molar-refractivity contribution in [3.63, 3.8) is 0 Å². The molecule has 0 saturated carbocycles. The maximum absolute atomic E-state index is 14.5. The van der Waals surface area contributed by atoms with E-state index in [1.807, 2.05) is 37.3 Å². The summed E-state index contributed by atoms with van der Waals surface area (Å²) < 4.78 is 45.2. The number of hydrogen-bond donors (Lipinski definition) is 2. The number of imidazole rings is 1. The molecule has 3 aliphatic heterocycles. The third-order valence-electron chi connectivity index (χ3n) is 11.1. The van der Waals surface area contributed by atoms with Gasteiger partial charge in [-0.15, -0.1) is 0 Å². The van der Waals surface area contributed by atoms with E-state index in [2.05, 4.69) is 42.4 Å². The maximum atomic E-state index is 14.5. The molecule has 4 amide bonds. The molecule has 3 saturated heterocycles. The highest BCUT2D eigenvalue weighted by molar-refractivity contribution is 6.06. The van der Waals surface area contributed by atoms with Gasteiger partial charge in [-0.05, 0) is 104 Å². The van der Waals surface area contributed by atoms with E-state index in [9.17, 15) is 27.6 Å². The highest BCUT2D eigenvalue weighted by atomic mass is 19.4. The van der Waals surface area contributed by atoms with E-state index in [1.165, 1.54) is 12.1 Å². The molecule has 3 aliphatic rings. The van der Waals surface area contributed by atoms with Gasteiger partial charge in [0.25, 0.3) is 5.91 Å². The summed E-state index contributed by atoms with van der Waals surface area (Å²) >= 11 is 0. The van der Waals surface area contributed by atoms with Gasteiger partial charge in [0, 0.05) is 86.1 Å². The highest BCUT2D eigenvalue weighted by Crippen LogP contribution is 2.39. The Bertz CT molecular complexity index is 2420. The molecule has 15 heteroatoms. The van der Waals surface area contributed by atoms with Gasteiger partial charge in [-0.2, -0.15) is 18.3 Å². The molecule has 8 rings (SSSR count). The molecule has 3 fully saturated rings. The molecule has 58 heavy (non-hydrogen) atoms. The van der Waals surface area contributed by atoms with Crippen LogP contribution in [0.5, 0.6) is 0 Å². The van der Waals surface area contributed by atoms with Crippen LogP contribution >= 0.6 is 0 Å². The van der Waals surface area contributed by atoms with Crippen molar-refractivity contribution in [3.8, 4) is 11.8 Å². The molecule has 298 valence electrons. The second-order valence-corrected chi connectivity index (χ2v) is 14.9. The average Bonchev–Trinajstić information content (AvgIpc) is 3.64. The lowest BCUT2D eigenvalue weighted by molar-refractivity contribution is -0.137. The number of carbonyl (C=O) groups is 3. The van der Waals surface area contributed by atoms with Gasteiger partial charge in [-0.3, -0.25) is 29.6 Å². The Hall–Kier alpha value is -6.24. The molecule has 3 aromatic carbocycles. The smallest absolute Gasteiger partial charge is 0.368 e. The Morgan fingerprint density at radius 3 is 2.50 bits per heavy atom. The van der Waals surface area contributed by atoms with Crippen LogP contribution in [-0.2, 0) is 17.5 Å². The maximum Gasteiger partial charge on any atom is 0.418 e. The van der Waals surface area contributed by atoms with E-state index in [1.54, 1.807) is 51.0 Å². The number of piperazine rings is 1. The third-order valence-corrected chi connectivity index (χ3v) is 11.1. The molecular formula is C43H42F3N9O3. The summed E-state index contributed by atoms with van der Waals surface area (Å²) in [5, 5.41) is 9.30. The Morgan fingerprint density at radius 2 is 1.72 bits per heavy atom. The Labute approximate surface area is 333 Å². The molecule has 2 N–H and O–H groups in total. The van der Waals surface area contributed by atoms with E-state index < -0.39 is 23.7 Å². The average molecular weight is 790 g/mol. The lowest BCUT2D eigenvalue weighted by Crippen LogP contribution is -2.53. The topological polar surface area (TPSA) is 118 Å². The van der Waals surface area contributed by atoms with Crippen LogP contribution < -0.4 is 20.4 Å². The molecule has 5 heterocycles. The van der Waals surface area contributed by atoms with E-state index in [-0.39, 0.29) is 29.3 Å². The van der Waals surface area contributed by atoms with E-state index in [0.717, 1.165) is 55.4 Å². The van der Waals surface area contributed by atoms with Gasteiger partial charge in [-0.1, -0.05) is 24.1 Å². The third kappa shape index (κ3) is 8.53. The number of nitrogens with one attached hydrogen (secondary N) is 2. The summed E-state index contributed by atoms with van der Waals surface area (Å²) in [5.41, 5.74) is 4.15. The van der Waals surface area contributed by atoms with Crippen LogP contribution in [-0.4, -0.2) is 94.1 Å². The van der Waals surface area contributed by atoms with Crippen molar-refractivity contribution in [2.75, 3.05) is 60.9 Å². The second kappa shape index (κ2) is 16.3. The number of imide groups is 1. The molecule has 12 nitrogen and oxygen atoms in total. The quantitative estimate of drug-likeness (QED) is 0.195. The zero-order valence-electron chi connectivity index (χ0n) is 31.9. The molecule has 0 radical (unpaired) electrons. The molecule has 5 aromatic rings. The Morgan fingerprint density at radius 1 is 0.914 bits per heavy atom. The Balaban J connectivity index is 0.864. The number of fused-ring (bicyclic) bond motifs is 1. The van der Waals surface area contributed by atoms with Gasteiger partial charge in [0.1, 0.15) is 5.69 Å². The van der Waals surface area contributed by atoms with Crippen LogP contribution in [0.1, 0.15) is 57.6 Å². The number of aryl methyl sites for hydroxylation is 1. The molecule has 0 bridgehead atoms. The number of anilines is 3. The van der Waals surface area contributed by atoms with Crippen molar-refractivity contribution in [1.82, 2.24) is 29.7 Å². The number of alkyl halides is 3. The predicted octanol–water partition coefficient (Wildman–Crippen LogP) is 5.94. The number of amides is 4. The van der Waals surface area contributed by atoms with Gasteiger partial charge in [0.05, 0.1) is 11.8 Å². The van der Waals surface area contributed by atoms with Crippen LogP contribution in [0.3, 0.4) is 0 Å². The first-order chi connectivity index (χ1) is 28.0. The summed E-state index contributed by atoms with van der Waals surface area (Å²) in [7, 11) is 0. The second-order valence-electron chi connectivity index (χ2n) is 14.9. The first-order valence-corrected chi connectivity index (χ1v) is 19.3. The SMILES string of the molecule is Cc1ccc(C(=O)Nc2ccc(N3CCN(C4CCN(Cc5cccc(N6CCC(=O)NC6=O)c5)CC4)CC3)c(C(F)(F)F)c2)cc1C#Cc1cnc2cccnn12. The number of piperidine rings is 1. The number of hydrogen-bond acceptors (Lipinski definition) is 8. The first-order valence-electron chi connectivity index (χ1n) is 19.3. The minimum absolute atomic E-state index is 0.0525. The fraction of sp³-hybridized carbons (Fsp3) is 0.326. The number of carbonyl (C=O) groups excluding carboxylic acids is 3. The number of aromatic nitrogens is 3. The summed E-state index contributed by atoms with van der Waals surface area (Å²) in [4.78, 5) is 49.7. The fourth-order valence-corrected chi connectivity index (χ4v) is 7.93. The zero-order chi connectivity index (χ0) is 40.4. The van der Waals surface area contributed by atoms with Gasteiger partial charge in [0.2, 0.25) is 5.91 Å². The normalized spacial score (nSPS) is 17.2. The summed E-state index contributed by atoms with van der Waals surface area (Å²) in [6.45, 7) is 6.94. The summed E-state index contributed by atoms with van der Waals surface area (Å²) in [6.07, 6.45) is 0.797. The minimum atomic E-state index is -4.63. The Kier molecular flexibility index (Phi) is 10.9. The fourth-order valence-electron chi connectivity index (χ4n) is 7.93. The molecule has 0 unspecified atom stereocenters. The van der Waals surface area contributed by atoms with Crippen molar-refractivity contribution < 1.29 is 27.6 Å².